The van der Waals surface area contributed by atoms with Crippen molar-refractivity contribution in [1.82, 2.24) is 9.88 Å². The van der Waals surface area contributed by atoms with Gasteiger partial charge in [-0.2, -0.15) is 5.26 Å². The number of nitriles is 1. The molecule has 0 amide bonds. The van der Waals surface area contributed by atoms with Crippen LogP contribution in [-0.4, -0.2) is 36.1 Å². The number of anilines is 2. The lowest BCUT2D eigenvalue weighted by atomic mass is 10.2. The van der Waals surface area contributed by atoms with Crippen LogP contribution in [0.3, 0.4) is 0 Å². The van der Waals surface area contributed by atoms with Crippen molar-refractivity contribution in [3.8, 4) is 6.07 Å². The van der Waals surface area contributed by atoms with Crippen molar-refractivity contribution in [3.05, 3.63) is 17.8 Å². The summed E-state index contributed by atoms with van der Waals surface area (Å²) in [4.78, 5) is 6.42. The fourth-order valence-electron chi connectivity index (χ4n) is 1.48. The molecule has 1 rings (SSSR count). The van der Waals surface area contributed by atoms with E-state index >= 15 is 0 Å². The van der Waals surface area contributed by atoms with Gasteiger partial charge in [0.25, 0.3) is 0 Å². The zero-order chi connectivity index (χ0) is 13.5. The van der Waals surface area contributed by atoms with Crippen molar-refractivity contribution in [1.29, 1.82) is 5.26 Å². The fourth-order valence-corrected chi connectivity index (χ4v) is 1.48. The summed E-state index contributed by atoms with van der Waals surface area (Å²) >= 11 is 0. The number of hydrogen-bond acceptors (Lipinski definition) is 5. The Labute approximate surface area is 109 Å². The molecule has 1 aromatic rings. The lowest BCUT2D eigenvalue weighted by molar-refractivity contribution is 0.273. The van der Waals surface area contributed by atoms with E-state index in [4.69, 9.17) is 11.0 Å². The summed E-state index contributed by atoms with van der Waals surface area (Å²) in [5, 5.41) is 11.9. The molecule has 0 aliphatic carbocycles. The number of rotatable bonds is 6. The van der Waals surface area contributed by atoms with Crippen LogP contribution >= 0.6 is 0 Å². The Morgan fingerprint density at radius 1 is 1.56 bits per heavy atom. The van der Waals surface area contributed by atoms with Gasteiger partial charge in [0.2, 0.25) is 0 Å². The van der Waals surface area contributed by atoms with Gasteiger partial charge in [0.05, 0.1) is 11.3 Å². The summed E-state index contributed by atoms with van der Waals surface area (Å²) in [6, 6.07) is 4.21. The molecule has 0 aliphatic rings. The molecular weight excluding hydrogens is 226 g/mol. The van der Waals surface area contributed by atoms with Crippen LogP contribution in [0.2, 0.25) is 0 Å². The first-order chi connectivity index (χ1) is 8.54. The molecule has 0 spiro atoms. The number of pyridine rings is 1. The van der Waals surface area contributed by atoms with E-state index in [1.54, 1.807) is 6.07 Å². The molecule has 5 heteroatoms. The summed E-state index contributed by atoms with van der Waals surface area (Å²) in [6.07, 6.45) is 2.55. The van der Waals surface area contributed by atoms with Crippen LogP contribution < -0.4 is 11.1 Å². The van der Waals surface area contributed by atoms with E-state index in [0.29, 0.717) is 23.1 Å². The van der Waals surface area contributed by atoms with Crippen LogP contribution in [0.5, 0.6) is 0 Å². The molecule has 0 atom stereocenters. The van der Waals surface area contributed by atoms with E-state index in [1.165, 1.54) is 6.20 Å². The number of nitrogens with two attached hydrogens (primary N) is 1. The second kappa shape index (κ2) is 6.82. The Balaban J connectivity index is 2.38. The molecule has 0 saturated heterocycles. The van der Waals surface area contributed by atoms with E-state index in [-0.39, 0.29) is 0 Å². The van der Waals surface area contributed by atoms with E-state index < -0.39 is 0 Å². The maximum atomic E-state index is 8.71. The normalized spacial score (nSPS) is 10.7. The van der Waals surface area contributed by atoms with Gasteiger partial charge in [0.15, 0.2) is 0 Å². The topological polar surface area (TPSA) is 78.0 Å². The van der Waals surface area contributed by atoms with Gasteiger partial charge >= 0.3 is 0 Å². The SMILES string of the molecule is CC(C)N(C)CCCNc1ncc(C#N)cc1N. The Kier molecular flexibility index (Phi) is 5.40. The van der Waals surface area contributed by atoms with Crippen molar-refractivity contribution in [2.24, 2.45) is 0 Å². The summed E-state index contributed by atoms with van der Waals surface area (Å²) in [5.41, 5.74) is 6.80. The molecule has 98 valence electrons. The van der Waals surface area contributed by atoms with E-state index in [1.807, 2.05) is 6.07 Å². The standard InChI is InChI=1S/C13H21N5/c1-10(2)18(3)6-4-5-16-13-12(15)7-11(8-14)9-17-13/h7,9-10H,4-6,15H2,1-3H3,(H,16,17). The van der Waals surface area contributed by atoms with Crippen LogP contribution in [0.1, 0.15) is 25.8 Å². The Morgan fingerprint density at radius 2 is 2.28 bits per heavy atom. The molecule has 0 saturated carbocycles. The zero-order valence-electron chi connectivity index (χ0n) is 11.3. The van der Waals surface area contributed by atoms with Crippen molar-refractivity contribution in [2.75, 3.05) is 31.2 Å². The number of hydrogen-bond donors (Lipinski definition) is 2. The average molecular weight is 247 g/mol. The largest absolute Gasteiger partial charge is 0.396 e. The predicted octanol–water partition coefficient (Wildman–Crippen LogP) is 1.68. The first-order valence-electron chi connectivity index (χ1n) is 6.14. The monoisotopic (exact) mass is 247 g/mol. The quantitative estimate of drug-likeness (QED) is 0.748. The number of aromatic nitrogens is 1. The van der Waals surface area contributed by atoms with Gasteiger partial charge in [-0.1, -0.05) is 0 Å². The van der Waals surface area contributed by atoms with Crippen LogP contribution in [0.15, 0.2) is 12.3 Å². The fraction of sp³-hybridized carbons (Fsp3) is 0.538. The molecule has 1 heterocycles. The van der Waals surface area contributed by atoms with E-state index in [0.717, 1.165) is 19.5 Å². The van der Waals surface area contributed by atoms with Crippen LogP contribution in [-0.2, 0) is 0 Å². The van der Waals surface area contributed by atoms with Crippen LogP contribution in [0.4, 0.5) is 11.5 Å². The van der Waals surface area contributed by atoms with E-state index in [2.05, 4.69) is 36.1 Å². The molecule has 0 bridgehead atoms. The van der Waals surface area contributed by atoms with Gasteiger partial charge in [-0.05, 0) is 39.9 Å². The number of nitrogens with one attached hydrogen (secondary N) is 1. The molecule has 18 heavy (non-hydrogen) atoms. The minimum atomic E-state index is 0.484. The van der Waals surface area contributed by atoms with Crippen molar-refractivity contribution in [2.45, 2.75) is 26.3 Å². The maximum absolute atomic E-state index is 8.71. The third kappa shape index (κ3) is 4.22. The highest BCUT2D eigenvalue weighted by Crippen LogP contribution is 2.15. The summed E-state index contributed by atoms with van der Waals surface area (Å²) in [7, 11) is 2.11. The Morgan fingerprint density at radius 3 is 2.83 bits per heavy atom. The second-order valence-electron chi connectivity index (χ2n) is 4.63. The zero-order valence-corrected chi connectivity index (χ0v) is 11.3. The molecule has 0 aromatic carbocycles. The Bertz CT molecular complexity index is 422. The van der Waals surface area contributed by atoms with Crippen molar-refractivity contribution >= 4 is 11.5 Å². The molecule has 0 aliphatic heterocycles. The van der Waals surface area contributed by atoms with Gasteiger partial charge in [0, 0.05) is 18.8 Å². The molecule has 0 fully saturated rings. The summed E-state index contributed by atoms with van der Waals surface area (Å²) < 4.78 is 0. The molecular formula is C13H21N5. The maximum Gasteiger partial charge on any atom is 0.149 e. The van der Waals surface area contributed by atoms with Gasteiger partial charge in [0.1, 0.15) is 11.9 Å². The number of nitrogen functional groups attached to an aromatic ring is 1. The minimum Gasteiger partial charge on any atom is -0.396 e. The van der Waals surface area contributed by atoms with Crippen molar-refractivity contribution < 1.29 is 0 Å². The van der Waals surface area contributed by atoms with Crippen molar-refractivity contribution in [3.63, 3.8) is 0 Å². The highest BCUT2D eigenvalue weighted by atomic mass is 15.1. The van der Waals surface area contributed by atoms with Gasteiger partial charge in [-0.25, -0.2) is 4.98 Å². The second-order valence-corrected chi connectivity index (χ2v) is 4.63. The lowest BCUT2D eigenvalue weighted by Crippen LogP contribution is -2.28. The first-order valence-corrected chi connectivity index (χ1v) is 6.14. The summed E-state index contributed by atoms with van der Waals surface area (Å²) in [5.74, 6) is 0.654. The smallest absolute Gasteiger partial charge is 0.149 e. The molecule has 3 N–H and O–H groups in total. The van der Waals surface area contributed by atoms with Gasteiger partial charge in [-0.15, -0.1) is 0 Å². The lowest BCUT2D eigenvalue weighted by Gasteiger charge is -2.20. The minimum absolute atomic E-state index is 0.484. The molecule has 5 nitrogen and oxygen atoms in total. The van der Waals surface area contributed by atoms with Gasteiger partial charge in [-0.3, -0.25) is 0 Å². The third-order valence-corrected chi connectivity index (χ3v) is 2.91. The van der Waals surface area contributed by atoms with Gasteiger partial charge < -0.3 is 16.0 Å². The van der Waals surface area contributed by atoms with Crippen LogP contribution in [0.25, 0.3) is 0 Å². The summed E-state index contributed by atoms with van der Waals surface area (Å²) in [6.45, 7) is 6.20. The highest BCUT2D eigenvalue weighted by Gasteiger charge is 2.04. The first kappa shape index (κ1) is 14.3. The molecule has 1 aromatic heterocycles. The van der Waals surface area contributed by atoms with E-state index in [9.17, 15) is 0 Å². The predicted molar refractivity (Wildman–Crippen MR) is 74.2 cm³/mol. The highest BCUT2D eigenvalue weighted by molar-refractivity contribution is 5.62. The third-order valence-electron chi connectivity index (χ3n) is 2.91. The Hall–Kier alpha value is -1.80. The number of nitrogens with zero attached hydrogens (tertiary/aromatic N) is 3. The average Bonchev–Trinajstić information content (AvgIpc) is 2.35. The molecule has 0 unspecified atom stereocenters. The molecule has 0 radical (unpaired) electrons. The van der Waals surface area contributed by atoms with Crippen LogP contribution in [0, 0.1) is 11.3 Å².